The van der Waals surface area contributed by atoms with E-state index in [-0.39, 0.29) is 31.5 Å². The van der Waals surface area contributed by atoms with Crippen molar-refractivity contribution in [1.82, 2.24) is 9.55 Å². The first-order chi connectivity index (χ1) is 17.4. The lowest BCUT2D eigenvalue weighted by atomic mass is 10.2. The number of nitriles is 1. The zero-order valence-corrected chi connectivity index (χ0v) is 20.5. The SMILES string of the molecule is COc1cc2ncn(CCCC(=O)OC(C)C(=O)N(CCC#N)c3ccccc3)c(=O)c2cc1OC. The maximum Gasteiger partial charge on any atom is 0.306 e. The zero-order valence-electron chi connectivity index (χ0n) is 20.5. The molecule has 0 N–H and O–H groups in total. The molecule has 3 rings (SSSR count). The minimum Gasteiger partial charge on any atom is -0.493 e. The van der Waals surface area contributed by atoms with Crippen LogP contribution in [0, 0.1) is 11.3 Å². The molecule has 0 aliphatic rings. The van der Waals surface area contributed by atoms with Crippen molar-refractivity contribution >= 4 is 28.5 Å². The van der Waals surface area contributed by atoms with E-state index in [1.54, 1.807) is 36.4 Å². The summed E-state index contributed by atoms with van der Waals surface area (Å²) >= 11 is 0. The standard InChI is InChI=1S/C26H28N4O6/c1-18(25(32)30(14-8-12-27)19-9-5-4-6-10-19)36-24(31)11-7-13-29-17-28-21-16-23(35-3)22(34-2)15-20(21)26(29)33/h4-6,9-10,15-18H,7-8,11,13-14H2,1-3H3. The van der Waals surface area contributed by atoms with E-state index in [0.29, 0.717) is 34.5 Å². The van der Waals surface area contributed by atoms with Gasteiger partial charge in [-0.3, -0.25) is 19.0 Å². The van der Waals surface area contributed by atoms with Crippen molar-refractivity contribution in [2.45, 2.75) is 38.8 Å². The Hall–Kier alpha value is -4.39. The number of aryl methyl sites for hydroxylation is 1. The monoisotopic (exact) mass is 492 g/mol. The number of aromatic nitrogens is 2. The molecule has 0 bridgehead atoms. The van der Waals surface area contributed by atoms with Gasteiger partial charge in [-0.2, -0.15) is 5.26 Å². The molecule has 10 nitrogen and oxygen atoms in total. The van der Waals surface area contributed by atoms with Crippen LogP contribution in [0.15, 0.2) is 53.6 Å². The average Bonchev–Trinajstić information content (AvgIpc) is 2.90. The minimum atomic E-state index is -1.02. The maximum atomic E-state index is 12.9. The molecule has 0 radical (unpaired) electrons. The number of para-hydroxylation sites is 1. The molecule has 188 valence electrons. The Bertz CT molecular complexity index is 1320. The number of fused-ring (bicyclic) bond motifs is 1. The van der Waals surface area contributed by atoms with Crippen LogP contribution in [0.3, 0.4) is 0 Å². The molecule has 1 aromatic heterocycles. The second kappa shape index (κ2) is 12.4. The third kappa shape index (κ3) is 6.18. The number of rotatable bonds is 11. The fourth-order valence-electron chi connectivity index (χ4n) is 3.70. The van der Waals surface area contributed by atoms with Gasteiger partial charge in [0, 0.05) is 31.3 Å². The molecule has 2 aromatic carbocycles. The summed E-state index contributed by atoms with van der Waals surface area (Å²) in [5.74, 6) is -0.0795. The van der Waals surface area contributed by atoms with E-state index >= 15 is 0 Å². The molecule has 1 heterocycles. The number of carbonyl (C=O) groups excluding carboxylic acids is 2. The molecule has 0 fully saturated rings. The van der Waals surface area contributed by atoms with Crippen LogP contribution in [-0.4, -0.2) is 48.3 Å². The third-order valence-electron chi connectivity index (χ3n) is 5.55. The second-order valence-electron chi connectivity index (χ2n) is 7.94. The van der Waals surface area contributed by atoms with Gasteiger partial charge in [0.05, 0.1) is 43.9 Å². The van der Waals surface area contributed by atoms with Crippen molar-refractivity contribution in [2.24, 2.45) is 0 Å². The van der Waals surface area contributed by atoms with Crippen LogP contribution < -0.4 is 19.9 Å². The Balaban J connectivity index is 1.60. The van der Waals surface area contributed by atoms with E-state index in [1.165, 1.54) is 36.9 Å². The van der Waals surface area contributed by atoms with E-state index < -0.39 is 18.0 Å². The summed E-state index contributed by atoms with van der Waals surface area (Å²) in [5, 5.41) is 9.30. The second-order valence-corrected chi connectivity index (χ2v) is 7.94. The fourth-order valence-corrected chi connectivity index (χ4v) is 3.70. The lowest BCUT2D eigenvalue weighted by Gasteiger charge is -2.25. The van der Waals surface area contributed by atoms with Gasteiger partial charge >= 0.3 is 5.97 Å². The van der Waals surface area contributed by atoms with Crippen LogP contribution in [-0.2, 0) is 20.9 Å². The highest BCUT2D eigenvalue weighted by molar-refractivity contribution is 5.97. The first-order valence-electron chi connectivity index (χ1n) is 11.4. The summed E-state index contributed by atoms with van der Waals surface area (Å²) in [6.07, 6.45) is 0.869. The molecule has 1 amide bonds. The lowest BCUT2D eigenvalue weighted by molar-refractivity contribution is -0.154. The van der Waals surface area contributed by atoms with Gasteiger partial charge in [0.15, 0.2) is 17.6 Å². The molecule has 0 spiro atoms. The van der Waals surface area contributed by atoms with Gasteiger partial charge in [-0.05, 0) is 31.5 Å². The van der Waals surface area contributed by atoms with Gasteiger partial charge in [-0.25, -0.2) is 4.98 Å². The Kier molecular flexibility index (Phi) is 9.00. The summed E-state index contributed by atoms with van der Waals surface area (Å²) in [5.41, 5.74) is 0.826. The van der Waals surface area contributed by atoms with Crippen molar-refractivity contribution in [3.8, 4) is 17.6 Å². The summed E-state index contributed by atoms with van der Waals surface area (Å²) in [6.45, 7) is 1.93. The molecule has 0 aliphatic carbocycles. The van der Waals surface area contributed by atoms with Crippen molar-refractivity contribution in [1.29, 1.82) is 5.26 Å². The summed E-state index contributed by atoms with van der Waals surface area (Å²) < 4.78 is 17.3. The smallest absolute Gasteiger partial charge is 0.306 e. The highest BCUT2D eigenvalue weighted by Crippen LogP contribution is 2.29. The lowest BCUT2D eigenvalue weighted by Crippen LogP contribution is -2.40. The molecule has 3 aromatic rings. The van der Waals surface area contributed by atoms with Crippen molar-refractivity contribution in [3.05, 3.63) is 59.1 Å². The van der Waals surface area contributed by atoms with Crippen molar-refractivity contribution < 1.29 is 23.8 Å². The molecular formula is C26H28N4O6. The highest BCUT2D eigenvalue weighted by Gasteiger charge is 2.25. The molecule has 0 saturated heterocycles. The Morgan fingerprint density at radius 1 is 1.14 bits per heavy atom. The molecule has 36 heavy (non-hydrogen) atoms. The van der Waals surface area contributed by atoms with Gasteiger partial charge in [0.25, 0.3) is 11.5 Å². The van der Waals surface area contributed by atoms with Gasteiger partial charge in [0.1, 0.15) is 0 Å². The number of methoxy groups -OCH3 is 2. The average molecular weight is 493 g/mol. The van der Waals surface area contributed by atoms with Crippen molar-refractivity contribution in [2.75, 3.05) is 25.7 Å². The first-order valence-corrected chi connectivity index (χ1v) is 11.4. The van der Waals surface area contributed by atoms with Gasteiger partial charge in [-0.15, -0.1) is 0 Å². The highest BCUT2D eigenvalue weighted by atomic mass is 16.5. The number of carbonyl (C=O) groups is 2. The van der Waals surface area contributed by atoms with Crippen LogP contribution in [0.2, 0.25) is 0 Å². The molecule has 0 aliphatic heterocycles. The quantitative estimate of drug-likeness (QED) is 0.374. The summed E-state index contributed by atoms with van der Waals surface area (Å²) in [4.78, 5) is 43.9. The molecule has 1 atom stereocenters. The van der Waals surface area contributed by atoms with Gasteiger partial charge in [-0.1, -0.05) is 18.2 Å². The topological polar surface area (TPSA) is 124 Å². The number of hydrogen-bond acceptors (Lipinski definition) is 8. The Morgan fingerprint density at radius 2 is 1.83 bits per heavy atom. The Morgan fingerprint density at radius 3 is 2.50 bits per heavy atom. The first kappa shape index (κ1) is 26.2. The Labute approximate surface area is 208 Å². The van der Waals surface area contributed by atoms with Crippen LogP contribution in [0.25, 0.3) is 10.9 Å². The summed E-state index contributed by atoms with van der Waals surface area (Å²) in [7, 11) is 2.99. The molecule has 10 heteroatoms. The summed E-state index contributed by atoms with van der Waals surface area (Å²) in [6, 6.07) is 14.1. The molecule has 0 saturated carbocycles. The number of amides is 1. The number of hydrogen-bond donors (Lipinski definition) is 0. The van der Waals surface area contributed by atoms with Crippen LogP contribution in [0.5, 0.6) is 11.5 Å². The number of benzene rings is 2. The normalized spacial score (nSPS) is 11.4. The van der Waals surface area contributed by atoms with Crippen LogP contribution in [0.4, 0.5) is 5.69 Å². The fraction of sp³-hybridized carbons (Fsp3) is 0.346. The minimum absolute atomic E-state index is 0.0115. The molecule has 1 unspecified atom stereocenters. The number of esters is 1. The van der Waals surface area contributed by atoms with Crippen molar-refractivity contribution in [3.63, 3.8) is 0 Å². The third-order valence-corrected chi connectivity index (χ3v) is 5.55. The largest absolute Gasteiger partial charge is 0.493 e. The van der Waals surface area contributed by atoms with Gasteiger partial charge < -0.3 is 19.1 Å². The predicted molar refractivity (Wildman–Crippen MR) is 133 cm³/mol. The van der Waals surface area contributed by atoms with E-state index in [2.05, 4.69) is 4.98 Å². The number of ether oxygens (including phenoxy) is 3. The number of nitrogens with zero attached hydrogens (tertiary/aromatic N) is 4. The van der Waals surface area contributed by atoms with Crippen LogP contribution >= 0.6 is 0 Å². The maximum absolute atomic E-state index is 12.9. The molecular weight excluding hydrogens is 464 g/mol. The van der Waals surface area contributed by atoms with Gasteiger partial charge in [0.2, 0.25) is 0 Å². The van der Waals surface area contributed by atoms with E-state index in [1.807, 2.05) is 12.1 Å². The zero-order chi connectivity index (χ0) is 26.1. The predicted octanol–water partition coefficient (Wildman–Crippen LogP) is 3.07. The van der Waals surface area contributed by atoms with E-state index in [9.17, 15) is 14.4 Å². The van der Waals surface area contributed by atoms with Crippen LogP contribution in [0.1, 0.15) is 26.2 Å². The van der Waals surface area contributed by atoms with E-state index in [0.717, 1.165) is 0 Å². The van der Waals surface area contributed by atoms with E-state index in [4.69, 9.17) is 19.5 Å². The number of anilines is 1.